The number of para-hydroxylation sites is 1. The van der Waals surface area contributed by atoms with Crippen LogP contribution in [0.15, 0.2) is 46.9 Å². The van der Waals surface area contributed by atoms with Crippen LogP contribution in [0.5, 0.6) is 11.5 Å². The number of halogens is 1. The lowest BCUT2D eigenvalue weighted by molar-refractivity contribution is -0.384. The number of nitro groups is 1. The first kappa shape index (κ1) is 14.0. The van der Waals surface area contributed by atoms with Gasteiger partial charge in [-0.25, -0.2) is 4.79 Å². The zero-order valence-electron chi connectivity index (χ0n) is 9.95. The lowest BCUT2D eigenvalue weighted by Crippen LogP contribution is -2.01. The Labute approximate surface area is 121 Å². The number of benzene rings is 2. The van der Waals surface area contributed by atoms with Gasteiger partial charge in [-0.05, 0) is 34.1 Å². The molecule has 2 rings (SSSR count). The molecular weight excluding hydrogens is 330 g/mol. The molecule has 0 aliphatic heterocycles. The van der Waals surface area contributed by atoms with Gasteiger partial charge in [-0.3, -0.25) is 10.1 Å². The van der Waals surface area contributed by atoms with Crippen molar-refractivity contribution in [3.63, 3.8) is 0 Å². The SMILES string of the molecule is O=C(O)c1ccc([N+](=O)[O-])cc1Oc1ccccc1Br. The van der Waals surface area contributed by atoms with Gasteiger partial charge in [0.25, 0.3) is 5.69 Å². The van der Waals surface area contributed by atoms with Crippen molar-refractivity contribution in [2.24, 2.45) is 0 Å². The number of rotatable bonds is 4. The molecule has 0 spiro atoms. The van der Waals surface area contributed by atoms with Gasteiger partial charge >= 0.3 is 5.97 Å². The second-order valence-electron chi connectivity index (χ2n) is 3.78. The van der Waals surface area contributed by atoms with Crippen LogP contribution in [0.2, 0.25) is 0 Å². The lowest BCUT2D eigenvalue weighted by Gasteiger charge is -2.09. The summed E-state index contributed by atoms with van der Waals surface area (Å²) in [7, 11) is 0. The molecule has 0 aliphatic carbocycles. The number of nitro benzene ring substituents is 1. The molecule has 1 N–H and O–H groups in total. The lowest BCUT2D eigenvalue weighted by atomic mass is 10.2. The van der Waals surface area contributed by atoms with Gasteiger partial charge in [0, 0.05) is 6.07 Å². The molecule has 20 heavy (non-hydrogen) atoms. The largest absolute Gasteiger partial charge is 0.478 e. The molecule has 0 saturated heterocycles. The molecule has 0 fully saturated rings. The summed E-state index contributed by atoms with van der Waals surface area (Å²) in [6, 6.07) is 10.2. The molecule has 0 unspecified atom stereocenters. The number of carboxylic acid groups (broad SMARTS) is 1. The molecular formula is C13H8BrNO5. The van der Waals surface area contributed by atoms with Crippen LogP contribution in [-0.4, -0.2) is 16.0 Å². The number of hydrogen-bond acceptors (Lipinski definition) is 4. The fraction of sp³-hybridized carbons (Fsp3) is 0. The summed E-state index contributed by atoms with van der Waals surface area (Å²) >= 11 is 3.26. The van der Waals surface area contributed by atoms with E-state index in [1.807, 2.05) is 0 Å². The second kappa shape index (κ2) is 5.70. The summed E-state index contributed by atoms with van der Waals surface area (Å²) < 4.78 is 6.07. The van der Waals surface area contributed by atoms with Gasteiger partial charge in [0.15, 0.2) is 0 Å². The summed E-state index contributed by atoms with van der Waals surface area (Å²) in [6.45, 7) is 0. The van der Waals surface area contributed by atoms with Gasteiger partial charge in [-0.15, -0.1) is 0 Å². The first-order valence-corrected chi connectivity index (χ1v) is 6.22. The van der Waals surface area contributed by atoms with Crippen molar-refractivity contribution in [1.29, 1.82) is 0 Å². The molecule has 0 saturated carbocycles. The molecule has 0 aromatic heterocycles. The van der Waals surface area contributed by atoms with Crippen molar-refractivity contribution in [2.75, 3.05) is 0 Å². The highest BCUT2D eigenvalue weighted by atomic mass is 79.9. The van der Waals surface area contributed by atoms with Crippen LogP contribution in [-0.2, 0) is 0 Å². The minimum Gasteiger partial charge on any atom is -0.478 e. The van der Waals surface area contributed by atoms with E-state index in [4.69, 9.17) is 9.84 Å². The average molecular weight is 338 g/mol. The van der Waals surface area contributed by atoms with E-state index in [0.717, 1.165) is 18.2 Å². The van der Waals surface area contributed by atoms with Crippen molar-refractivity contribution in [1.82, 2.24) is 0 Å². The molecule has 7 heteroatoms. The van der Waals surface area contributed by atoms with Gasteiger partial charge in [0.05, 0.1) is 15.5 Å². The number of nitrogens with zero attached hydrogens (tertiary/aromatic N) is 1. The number of aromatic carboxylic acids is 1. The summed E-state index contributed by atoms with van der Waals surface area (Å²) in [5.41, 5.74) is -0.386. The molecule has 0 amide bonds. The van der Waals surface area contributed by atoms with E-state index in [9.17, 15) is 14.9 Å². The Hall–Kier alpha value is -2.41. The highest BCUT2D eigenvalue weighted by Crippen LogP contribution is 2.33. The maximum absolute atomic E-state index is 11.1. The Kier molecular flexibility index (Phi) is 3.99. The average Bonchev–Trinajstić information content (AvgIpc) is 2.41. The Bertz CT molecular complexity index is 686. The van der Waals surface area contributed by atoms with Gasteiger partial charge in [-0.2, -0.15) is 0 Å². The molecule has 0 atom stereocenters. The summed E-state index contributed by atoms with van der Waals surface area (Å²) in [4.78, 5) is 21.3. The van der Waals surface area contributed by atoms with Gasteiger partial charge in [0.2, 0.25) is 0 Å². The van der Waals surface area contributed by atoms with E-state index in [-0.39, 0.29) is 17.0 Å². The predicted molar refractivity (Wildman–Crippen MR) is 74.3 cm³/mol. The maximum atomic E-state index is 11.1. The van der Waals surface area contributed by atoms with Crippen molar-refractivity contribution in [3.8, 4) is 11.5 Å². The highest BCUT2D eigenvalue weighted by molar-refractivity contribution is 9.10. The molecule has 102 valence electrons. The van der Waals surface area contributed by atoms with Crippen LogP contribution in [0.1, 0.15) is 10.4 Å². The summed E-state index contributed by atoms with van der Waals surface area (Å²) in [5.74, 6) is -0.934. The van der Waals surface area contributed by atoms with Crippen LogP contribution in [0, 0.1) is 10.1 Å². The molecule has 2 aromatic rings. The number of carboxylic acids is 1. The molecule has 2 aromatic carbocycles. The Morgan fingerprint density at radius 3 is 2.50 bits per heavy atom. The number of hydrogen-bond donors (Lipinski definition) is 1. The minimum atomic E-state index is -1.22. The van der Waals surface area contributed by atoms with E-state index >= 15 is 0 Å². The number of non-ortho nitro benzene ring substituents is 1. The van der Waals surface area contributed by atoms with E-state index < -0.39 is 10.9 Å². The first-order chi connectivity index (χ1) is 9.49. The van der Waals surface area contributed by atoms with Gasteiger partial charge in [-0.1, -0.05) is 12.1 Å². The van der Waals surface area contributed by atoms with E-state index in [0.29, 0.717) is 10.2 Å². The monoisotopic (exact) mass is 337 g/mol. The van der Waals surface area contributed by atoms with Crippen molar-refractivity contribution in [2.45, 2.75) is 0 Å². The standard InChI is InChI=1S/C13H8BrNO5/c14-10-3-1-2-4-11(10)20-12-7-8(15(18)19)5-6-9(12)13(16)17/h1-7H,(H,16,17). The third kappa shape index (κ3) is 2.94. The normalized spacial score (nSPS) is 10.1. The molecule has 0 heterocycles. The Morgan fingerprint density at radius 2 is 1.90 bits per heavy atom. The quantitative estimate of drug-likeness (QED) is 0.676. The van der Waals surface area contributed by atoms with Crippen LogP contribution >= 0.6 is 15.9 Å². The second-order valence-corrected chi connectivity index (χ2v) is 4.63. The van der Waals surface area contributed by atoms with E-state index in [2.05, 4.69) is 15.9 Å². The third-order valence-electron chi connectivity index (χ3n) is 2.46. The van der Waals surface area contributed by atoms with E-state index in [1.165, 1.54) is 0 Å². The van der Waals surface area contributed by atoms with Crippen LogP contribution in [0.4, 0.5) is 5.69 Å². The van der Waals surface area contributed by atoms with E-state index in [1.54, 1.807) is 24.3 Å². The maximum Gasteiger partial charge on any atom is 0.339 e. The smallest absolute Gasteiger partial charge is 0.339 e. The van der Waals surface area contributed by atoms with Crippen LogP contribution in [0.3, 0.4) is 0 Å². The topological polar surface area (TPSA) is 89.7 Å². The fourth-order valence-electron chi connectivity index (χ4n) is 1.53. The highest BCUT2D eigenvalue weighted by Gasteiger charge is 2.17. The van der Waals surface area contributed by atoms with Crippen molar-refractivity contribution in [3.05, 3.63) is 62.6 Å². The van der Waals surface area contributed by atoms with Crippen LogP contribution < -0.4 is 4.74 Å². The molecule has 6 nitrogen and oxygen atoms in total. The van der Waals surface area contributed by atoms with Crippen molar-refractivity contribution < 1.29 is 19.6 Å². The predicted octanol–water partition coefficient (Wildman–Crippen LogP) is 3.85. The van der Waals surface area contributed by atoms with Gasteiger partial charge in [0.1, 0.15) is 17.1 Å². The third-order valence-corrected chi connectivity index (χ3v) is 3.12. The minimum absolute atomic E-state index is 0.0846. The zero-order chi connectivity index (χ0) is 14.7. The number of carbonyl (C=O) groups is 1. The summed E-state index contributed by atoms with van der Waals surface area (Å²) in [5, 5.41) is 19.8. The summed E-state index contributed by atoms with van der Waals surface area (Å²) in [6.07, 6.45) is 0. The molecule has 0 bridgehead atoms. The molecule has 0 aliphatic rings. The van der Waals surface area contributed by atoms with Crippen molar-refractivity contribution >= 4 is 27.6 Å². The van der Waals surface area contributed by atoms with Crippen LogP contribution in [0.25, 0.3) is 0 Å². The Morgan fingerprint density at radius 1 is 1.20 bits per heavy atom. The molecule has 0 radical (unpaired) electrons. The fourth-order valence-corrected chi connectivity index (χ4v) is 1.90. The van der Waals surface area contributed by atoms with Gasteiger partial charge < -0.3 is 9.84 Å². The first-order valence-electron chi connectivity index (χ1n) is 5.43. The zero-order valence-corrected chi connectivity index (χ0v) is 11.5. The number of ether oxygens (including phenoxy) is 1. The Balaban J connectivity index is 2.48.